The maximum Gasteiger partial charge on any atom is 0.430 e. The van der Waals surface area contributed by atoms with Gasteiger partial charge in [0.15, 0.2) is 5.69 Å². The highest BCUT2D eigenvalue weighted by molar-refractivity contribution is 14.1. The van der Waals surface area contributed by atoms with Crippen LogP contribution >= 0.6 is 22.6 Å². The lowest BCUT2D eigenvalue weighted by Crippen LogP contribution is -2.44. The summed E-state index contributed by atoms with van der Waals surface area (Å²) in [6.45, 7) is 8.28. The minimum atomic E-state index is -5.61. The summed E-state index contributed by atoms with van der Waals surface area (Å²) < 4.78 is 112. The van der Waals surface area contributed by atoms with Crippen LogP contribution in [0.4, 0.5) is 47.0 Å². The second-order valence-electron chi connectivity index (χ2n) is 11.1. The fourth-order valence-corrected chi connectivity index (χ4v) is 5.28. The van der Waals surface area contributed by atoms with Crippen molar-refractivity contribution in [3.8, 4) is 11.6 Å². The Morgan fingerprint density at radius 3 is 2.47 bits per heavy atom. The first kappa shape index (κ1) is 34.4. The Morgan fingerprint density at radius 2 is 1.87 bits per heavy atom. The number of ether oxygens (including phenoxy) is 1. The maximum absolute atomic E-state index is 14.7. The van der Waals surface area contributed by atoms with Crippen LogP contribution in [0.15, 0.2) is 41.3 Å². The van der Waals surface area contributed by atoms with E-state index in [-0.39, 0.29) is 10.1 Å². The van der Waals surface area contributed by atoms with Gasteiger partial charge >= 0.3 is 18.4 Å². The van der Waals surface area contributed by atoms with Gasteiger partial charge in [0.05, 0.1) is 5.69 Å². The molecule has 1 saturated heterocycles. The molecule has 1 aliphatic rings. The number of nitrogens with one attached hydrogen (secondary N) is 1. The molecule has 45 heavy (non-hydrogen) atoms. The number of hydrogen-bond acceptors (Lipinski definition) is 8. The molecule has 0 aliphatic carbocycles. The molecule has 0 radical (unpaired) electrons. The minimum Gasteiger partial charge on any atom is -0.444 e. The minimum absolute atomic E-state index is 0.129. The molecule has 9 nitrogen and oxygen atoms in total. The van der Waals surface area contributed by atoms with Gasteiger partial charge in [0, 0.05) is 21.7 Å². The van der Waals surface area contributed by atoms with E-state index in [1.165, 1.54) is 31.7 Å². The topological polar surface area (TPSA) is 114 Å². The number of halogens is 8. The van der Waals surface area contributed by atoms with Gasteiger partial charge in [-0.2, -0.15) is 26.3 Å². The van der Waals surface area contributed by atoms with Crippen molar-refractivity contribution in [1.82, 2.24) is 15.2 Å². The van der Waals surface area contributed by atoms with Crippen LogP contribution in [0.2, 0.25) is 0 Å². The molecule has 1 unspecified atom stereocenters. The second kappa shape index (κ2) is 12.4. The molecular formula is C28H27F7IN5O4. The van der Waals surface area contributed by atoms with Crippen molar-refractivity contribution in [2.24, 2.45) is 0 Å². The van der Waals surface area contributed by atoms with Crippen LogP contribution in [-0.4, -0.2) is 50.7 Å². The number of carbonyl (C=O) groups is 1. The first-order valence-corrected chi connectivity index (χ1v) is 14.4. The van der Waals surface area contributed by atoms with Gasteiger partial charge in [-0.25, -0.2) is 14.2 Å². The van der Waals surface area contributed by atoms with E-state index in [1.54, 1.807) is 22.6 Å². The van der Waals surface area contributed by atoms with Gasteiger partial charge in [-0.3, -0.25) is 5.32 Å². The first-order chi connectivity index (χ1) is 20.8. The molecule has 3 aromatic rings. The summed E-state index contributed by atoms with van der Waals surface area (Å²) in [5.41, 5.74) is -9.11. The Morgan fingerprint density at radius 1 is 1.18 bits per heavy atom. The zero-order valence-electron chi connectivity index (χ0n) is 24.0. The van der Waals surface area contributed by atoms with Gasteiger partial charge in [0.25, 0.3) is 17.4 Å². The average molecular weight is 757 g/mol. The smallest absolute Gasteiger partial charge is 0.430 e. The fourth-order valence-electron chi connectivity index (χ4n) is 4.78. The molecule has 0 saturated carbocycles. The highest BCUT2D eigenvalue weighted by atomic mass is 127. The Bertz CT molecular complexity index is 1590. The van der Waals surface area contributed by atoms with Gasteiger partial charge in [-0.05, 0) is 86.9 Å². The number of anilines is 2. The molecule has 1 fully saturated rings. The van der Waals surface area contributed by atoms with E-state index in [2.05, 4.69) is 27.1 Å². The summed E-state index contributed by atoms with van der Waals surface area (Å²) in [4.78, 5) is 18.1. The van der Waals surface area contributed by atoms with Crippen molar-refractivity contribution in [2.45, 2.75) is 69.6 Å². The van der Waals surface area contributed by atoms with E-state index in [0.717, 1.165) is 12.1 Å². The van der Waals surface area contributed by atoms with E-state index in [0.29, 0.717) is 31.4 Å². The lowest BCUT2D eigenvalue weighted by atomic mass is 9.92. The van der Waals surface area contributed by atoms with Gasteiger partial charge in [0.1, 0.15) is 22.8 Å². The number of hydrogen-bond donors (Lipinski definition) is 2. The number of alkyl halides is 6. The number of rotatable bonds is 7. The molecule has 17 heteroatoms. The molecule has 0 spiro atoms. The van der Waals surface area contributed by atoms with Crippen LogP contribution in [0.1, 0.15) is 57.1 Å². The fraction of sp³-hybridized carbons (Fsp3) is 0.429. The maximum atomic E-state index is 14.7. The molecule has 0 bridgehead atoms. The van der Waals surface area contributed by atoms with E-state index in [4.69, 9.17) is 9.15 Å². The normalized spacial score (nSPS) is 17.2. The molecule has 2 N–H and O–H groups in total. The van der Waals surface area contributed by atoms with E-state index < -0.39 is 81.6 Å². The summed E-state index contributed by atoms with van der Waals surface area (Å²) >= 11 is 1.61. The van der Waals surface area contributed by atoms with Gasteiger partial charge in [-0.15, -0.1) is 16.8 Å². The van der Waals surface area contributed by atoms with Crippen molar-refractivity contribution in [3.63, 3.8) is 0 Å². The van der Waals surface area contributed by atoms with Crippen molar-refractivity contribution < 1.29 is 49.8 Å². The quantitative estimate of drug-likeness (QED) is 0.144. The molecule has 4 rings (SSSR count). The zero-order chi connectivity index (χ0) is 33.5. The third kappa shape index (κ3) is 7.18. The molecule has 1 aromatic carbocycles. The molecule has 3 heterocycles. The van der Waals surface area contributed by atoms with Crippen LogP contribution in [-0.2, 0) is 16.5 Å². The Labute approximate surface area is 266 Å². The molecule has 1 amide bonds. The average Bonchev–Trinajstić information content (AvgIpc) is 3.58. The van der Waals surface area contributed by atoms with E-state index >= 15 is 0 Å². The lowest BCUT2D eigenvalue weighted by Gasteiger charge is -2.29. The predicted molar refractivity (Wildman–Crippen MR) is 156 cm³/mol. The number of aliphatic hydroxyl groups is 1. The highest BCUT2D eigenvalue weighted by Crippen LogP contribution is 2.47. The number of amides is 1. The third-order valence-electron chi connectivity index (χ3n) is 6.70. The van der Waals surface area contributed by atoms with Crippen molar-refractivity contribution >= 4 is 40.2 Å². The predicted octanol–water partition coefficient (Wildman–Crippen LogP) is 7.58. The number of aromatic nitrogens is 3. The van der Waals surface area contributed by atoms with Crippen molar-refractivity contribution in [3.05, 3.63) is 63.3 Å². The Balaban J connectivity index is 1.96. The Kier molecular flexibility index (Phi) is 9.46. The van der Waals surface area contributed by atoms with Gasteiger partial charge in [-0.1, -0.05) is 6.08 Å². The number of pyridine rings is 1. The standard InChI is InChI=1S/C28H27F7IN5O4/c1-5-7-15-8-6-11-41(15)21-17(27(30,31)32)13-19(37-24(42)45-25(2,3)4)20(38-21)22-39-40-23(44-22)26(43,28(33,34)35)16-12-14(36)9-10-18(16)29/h5,9-10,12-13,15,43H,1,6-8,11H2,2-4H3,(H,37,42)/t15-,26?/m1/s1. The van der Waals surface area contributed by atoms with Crippen LogP contribution in [0.5, 0.6) is 0 Å². The van der Waals surface area contributed by atoms with Crippen LogP contribution < -0.4 is 10.2 Å². The molecule has 2 atom stereocenters. The van der Waals surface area contributed by atoms with E-state index in [9.17, 15) is 40.6 Å². The molecular weight excluding hydrogens is 730 g/mol. The molecule has 1 aliphatic heterocycles. The van der Waals surface area contributed by atoms with Crippen molar-refractivity contribution in [1.29, 1.82) is 0 Å². The van der Waals surface area contributed by atoms with Crippen LogP contribution in [0.3, 0.4) is 0 Å². The Hall–Kier alpha value is -3.48. The second-order valence-corrected chi connectivity index (χ2v) is 12.4. The number of nitrogens with zero attached hydrogens (tertiary/aromatic N) is 4. The molecule has 244 valence electrons. The van der Waals surface area contributed by atoms with Crippen molar-refractivity contribution in [2.75, 3.05) is 16.8 Å². The first-order valence-electron chi connectivity index (χ1n) is 13.3. The largest absolute Gasteiger partial charge is 0.444 e. The molecule has 2 aromatic heterocycles. The summed E-state index contributed by atoms with van der Waals surface area (Å²) in [6.07, 6.45) is -8.97. The summed E-state index contributed by atoms with van der Waals surface area (Å²) in [5, 5.41) is 19.9. The lowest BCUT2D eigenvalue weighted by molar-refractivity contribution is -0.256. The highest BCUT2D eigenvalue weighted by Gasteiger charge is 2.61. The number of carbonyl (C=O) groups excluding carboxylic acids is 1. The van der Waals surface area contributed by atoms with Gasteiger partial charge in [0.2, 0.25) is 0 Å². The SMILES string of the molecule is C=CC[C@@H]1CCCN1c1nc(-c2nnc(C(O)(c3cc(I)ccc3F)C(F)(F)F)o2)c(NC(=O)OC(C)(C)C)cc1C(F)(F)F. The number of benzene rings is 1. The van der Waals surface area contributed by atoms with Crippen LogP contribution in [0, 0.1) is 9.39 Å². The van der Waals surface area contributed by atoms with E-state index in [1.807, 2.05) is 0 Å². The monoisotopic (exact) mass is 757 g/mol. The van der Waals surface area contributed by atoms with Gasteiger partial charge < -0.3 is 19.2 Å². The summed E-state index contributed by atoms with van der Waals surface area (Å²) in [6, 6.07) is 2.68. The van der Waals surface area contributed by atoms with Crippen LogP contribution in [0.25, 0.3) is 11.6 Å². The third-order valence-corrected chi connectivity index (χ3v) is 7.37. The zero-order valence-corrected chi connectivity index (χ0v) is 26.1. The summed E-state index contributed by atoms with van der Waals surface area (Å²) in [5.74, 6) is -4.49. The summed E-state index contributed by atoms with van der Waals surface area (Å²) in [7, 11) is 0.